The van der Waals surface area contributed by atoms with E-state index < -0.39 is 0 Å². The summed E-state index contributed by atoms with van der Waals surface area (Å²) in [7, 11) is 3.38. The molecule has 1 aliphatic rings. The van der Waals surface area contributed by atoms with Crippen LogP contribution in [-0.2, 0) is 13.0 Å². The Morgan fingerprint density at radius 2 is 1.55 bits per heavy atom. The van der Waals surface area contributed by atoms with E-state index in [2.05, 4.69) is 53.3 Å². The molecule has 0 spiro atoms. The minimum absolute atomic E-state index is 0.137. The van der Waals surface area contributed by atoms with E-state index in [1.54, 1.807) is 14.2 Å². The lowest BCUT2D eigenvalue weighted by Crippen LogP contribution is -2.49. The number of amides is 1. The molecule has 7 heteroatoms. The fraction of sp³-hybridized carbons (Fsp3) is 0.516. The van der Waals surface area contributed by atoms with Gasteiger partial charge in [-0.05, 0) is 75.3 Å². The average Bonchev–Trinajstić information content (AvgIpc) is 3.24. The molecule has 206 valence electrons. The third kappa shape index (κ3) is 6.33. The summed E-state index contributed by atoms with van der Waals surface area (Å²) in [5.74, 6) is 1.81. The van der Waals surface area contributed by atoms with E-state index in [4.69, 9.17) is 9.47 Å². The molecule has 0 saturated carbocycles. The van der Waals surface area contributed by atoms with Gasteiger partial charge in [0.15, 0.2) is 0 Å². The normalized spacial score (nSPS) is 14.4. The zero-order valence-electron chi connectivity index (χ0n) is 23.8. The second-order valence-corrected chi connectivity index (χ2v) is 10.1. The molecule has 0 aliphatic carbocycles. The summed E-state index contributed by atoms with van der Waals surface area (Å²) in [6.45, 7) is 14.9. The highest BCUT2D eigenvalue weighted by molar-refractivity contribution is 6.08. The van der Waals surface area contributed by atoms with E-state index in [-0.39, 0.29) is 5.91 Å². The number of benzene rings is 2. The van der Waals surface area contributed by atoms with E-state index in [0.29, 0.717) is 0 Å². The fourth-order valence-electron chi connectivity index (χ4n) is 5.55. The van der Waals surface area contributed by atoms with E-state index in [9.17, 15) is 4.79 Å². The number of hydrogen-bond donors (Lipinski definition) is 0. The number of carbonyl (C=O) groups is 1. The van der Waals surface area contributed by atoms with Crippen LogP contribution in [-0.4, -0.2) is 91.8 Å². The lowest BCUT2D eigenvalue weighted by molar-refractivity contribution is 0.0639. The Kier molecular flexibility index (Phi) is 9.69. The van der Waals surface area contributed by atoms with Crippen molar-refractivity contribution in [1.29, 1.82) is 0 Å². The molecule has 1 aromatic heterocycles. The minimum atomic E-state index is 0.137. The van der Waals surface area contributed by atoms with Gasteiger partial charge in [-0.1, -0.05) is 26.0 Å². The van der Waals surface area contributed by atoms with Crippen LogP contribution >= 0.6 is 0 Å². The monoisotopic (exact) mass is 520 g/mol. The number of nitrogens with zero attached hydrogens (tertiary/aromatic N) is 4. The van der Waals surface area contributed by atoms with Crippen molar-refractivity contribution in [3.8, 4) is 11.5 Å². The molecule has 0 unspecified atom stereocenters. The molecule has 3 aromatic rings. The van der Waals surface area contributed by atoms with Crippen LogP contribution in [0.2, 0.25) is 0 Å². The van der Waals surface area contributed by atoms with E-state index in [1.807, 2.05) is 29.2 Å². The van der Waals surface area contributed by atoms with Crippen molar-refractivity contribution in [2.24, 2.45) is 0 Å². The van der Waals surface area contributed by atoms with Gasteiger partial charge >= 0.3 is 0 Å². The number of aromatic nitrogens is 1. The van der Waals surface area contributed by atoms with Crippen molar-refractivity contribution in [2.45, 2.75) is 40.2 Å². The van der Waals surface area contributed by atoms with Gasteiger partial charge in [-0.25, -0.2) is 0 Å². The number of carbonyl (C=O) groups excluding carboxylic acids is 1. The molecule has 1 saturated heterocycles. The SMILES string of the molecule is CCN(CC)CCCn1c(C)c(C(=O)N2CCN(CCc3ccc(OC)cc3)CC2)c2cc(OC)ccc21. The topological polar surface area (TPSA) is 50.2 Å². The number of piperazine rings is 1. The first-order chi connectivity index (χ1) is 18.5. The lowest BCUT2D eigenvalue weighted by Gasteiger charge is -2.35. The molecule has 0 bridgehead atoms. The molecule has 1 fully saturated rings. The Morgan fingerprint density at radius 3 is 2.18 bits per heavy atom. The fourth-order valence-corrected chi connectivity index (χ4v) is 5.55. The summed E-state index contributed by atoms with van der Waals surface area (Å²) in [5, 5.41) is 0.997. The lowest BCUT2D eigenvalue weighted by atomic mass is 10.1. The Labute approximate surface area is 227 Å². The van der Waals surface area contributed by atoms with E-state index in [0.717, 1.165) is 105 Å². The Hall–Kier alpha value is -3.03. The van der Waals surface area contributed by atoms with Crippen LogP contribution in [0.1, 0.15) is 41.9 Å². The first-order valence-electron chi connectivity index (χ1n) is 14.0. The van der Waals surface area contributed by atoms with Gasteiger partial charge in [-0.3, -0.25) is 9.69 Å². The highest BCUT2D eigenvalue weighted by Crippen LogP contribution is 2.31. The number of fused-ring (bicyclic) bond motifs is 1. The number of methoxy groups -OCH3 is 2. The van der Waals surface area contributed by atoms with Gasteiger partial charge in [0.2, 0.25) is 0 Å². The first kappa shape index (κ1) is 28.0. The number of aryl methyl sites for hydroxylation is 1. The van der Waals surface area contributed by atoms with Crippen molar-refractivity contribution in [2.75, 3.05) is 66.6 Å². The molecule has 2 heterocycles. The number of hydrogen-bond acceptors (Lipinski definition) is 5. The minimum Gasteiger partial charge on any atom is -0.497 e. The Balaban J connectivity index is 1.44. The van der Waals surface area contributed by atoms with Gasteiger partial charge in [0.25, 0.3) is 5.91 Å². The Bertz CT molecular complexity index is 1190. The smallest absolute Gasteiger partial charge is 0.256 e. The summed E-state index contributed by atoms with van der Waals surface area (Å²) >= 11 is 0. The summed E-state index contributed by atoms with van der Waals surface area (Å²) in [4.78, 5) is 20.8. The predicted molar refractivity (Wildman–Crippen MR) is 155 cm³/mol. The van der Waals surface area contributed by atoms with Gasteiger partial charge in [-0.2, -0.15) is 0 Å². The van der Waals surface area contributed by atoms with Gasteiger partial charge in [0.05, 0.1) is 19.8 Å². The molecule has 1 amide bonds. The summed E-state index contributed by atoms with van der Waals surface area (Å²) < 4.78 is 13.1. The molecule has 4 rings (SSSR count). The van der Waals surface area contributed by atoms with Crippen molar-refractivity contribution in [3.05, 3.63) is 59.3 Å². The maximum atomic E-state index is 13.9. The molecule has 0 radical (unpaired) electrons. The van der Waals surface area contributed by atoms with E-state index in [1.165, 1.54) is 5.56 Å². The zero-order valence-corrected chi connectivity index (χ0v) is 23.8. The summed E-state index contributed by atoms with van der Waals surface area (Å²) in [6, 6.07) is 14.4. The van der Waals surface area contributed by atoms with Gasteiger partial charge in [0, 0.05) is 55.9 Å². The molecule has 1 aliphatic heterocycles. The zero-order chi connectivity index (χ0) is 27.1. The van der Waals surface area contributed by atoms with Crippen molar-refractivity contribution < 1.29 is 14.3 Å². The molecule has 38 heavy (non-hydrogen) atoms. The summed E-state index contributed by atoms with van der Waals surface area (Å²) in [5.41, 5.74) is 4.31. The van der Waals surface area contributed by atoms with Crippen LogP contribution in [0.3, 0.4) is 0 Å². The van der Waals surface area contributed by atoms with Crippen LogP contribution in [0.15, 0.2) is 42.5 Å². The van der Waals surface area contributed by atoms with Gasteiger partial charge in [0.1, 0.15) is 11.5 Å². The highest BCUT2D eigenvalue weighted by Gasteiger charge is 2.27. The maximum Gasteiger partial charge on any atom is 0.256 e. The van der Waals surface area contributed by atoms with Gasteiger partial charge < -0.3 is 23.8 Å². The second kappa shape index (κ2) is 13.2. The molecular formula is C31H44N4O3. The average molecular weight is 521 g/mol. The van der Waals surface area contributed by atoms with Crippen LogP contribution in [0, 0.1) is 6.92 Å². The third-order valence-corrected chi connectivity index (χ3v) is 8.03. The van der Waals surface area contributed by atoms with Crippen LogP contribution in [0.4, 0.5) is 0 Å². The number of ether oxygens (including phenoxy) is 2. The molecule has 7 nitrogen and oxygen atoms in total. The molecule has 2 aromatic carbocycles. The maximum absolute atomic E-state index is 13.9. The highest BCUT2D eigenvalue weighted by atomic mass is 16.5. The number of rotatable bonds is 12. The largest absolute Gasteiger partial charge is 0.497 e. The van der Waals surface area contributed by atoms with Crippen molar-refractivity contribution >= 4 is 16.8 Å². The van der Waals surface area contributed by atoms with Crippen LogP contribution in [0.5, 0.6) is 11.5 Å². The molecule has 0 atom stereocenters. The van der Waals surface area contributed by atoms with Gasteiger partial charge in [-0.15, -0.1) is 0 Å². The van der Waals surface area contributed by atoms with Crippen molar-refractivity contribution in [1.82, 2.24) is 19.3 Å². The second-order valence-electron chi connectivity index (χ2n) is 10.1. The van der Waals surface area contributed by atoms with Crippen molar-refractivity contribution in [3.63, 3.8) is 0 Å². The quantitative estimate of drug-likeness (QED) is 0.347. The van der Waals surface area contributed by atoms with Crippen LogP contribution < -0.4 is 9.47 Å². The molecular weight excluding hydrogens is 476 g/mol. The van der Waals surface area contributed by atoms with Crippen LogP contribution in [0.25, 0.3) is 10.9 Å². The van der Waals surface area contributed by atoms with E-state index >= 15 is 0 Å². The summed E-state index contributed by atoms with van der Waals surface area (Å²) in [6.07, 6.45) is 2.05. The first-order valence-corrected chi connectivity index (χ1v) is 14.0. The standard InChI is InChI=1S/C31H44N4O3/c1-6-32(7-2)16-8-17-35-24(3)30(28-23-27(38-5)13-14-29(28)35)31(36)34-21-19-33(20-22-34)18-15-25-9-11-26(37-4)12-10-25/h9-14,23H,6-8,15-22H2,1-5H3. The molecule has 0 N–H and O–H groups in total. The Morgan fingerprint density at radius 1 is 0.895 bits per heavy atom. The third-order valence-electron chi connectivity index (χ3n) is 8.03. The predicted octanol–water partition coefficient (Wildman–Crippen LogP) is 4.70.